The van der Waals surface area contributed by atoms with Gasteiger partial charge in [0.15, 0.2) is 22.8 Å². The highest BCUT2D eigenvalue weighted by Gasteiger charge is 2.27. The fourth-order valence-electron chi connectivity index (χ4n) is 4.85. The molecule has 0 unspecified atom stereocenters. The number of aromatic nitrogens is 4. The first-order valence-corrected chi connectivity index (χ1v) is 15.4. The molecule has 3 fully saturated rings. The summed E-state index contributed by atoms with van der Waals surface area (Å²) >= 11 is 0. The molecule has 0 spiro atoms. The molecule has 190 valence electrons. The quantitative estimate of drug-likeness (QED) is 0.520. The molecule has 0 amide bonds. The Hall–Kier alpha value is -2.70. The third-order valence-electron chi connectivity index (χ3n) is 6.88. The van der Waals surface area contributed by atoms with Crippen LogP contribution in [0.2, 0.25) is 0 Å². The van der Waals surface area contributed by atoms with Gasteiger partial charge in [0.2, 0.25) is 5.95 Å². The first kappa shape index (κ1) is 23.7. The molecular formula is C24H30N8O2S2. The van der Waals surface area contributed by atoms with Gasteiger partial charge in [-0.05, 0) is 0 Å². The van der Waals surface area contributed by atoms with Gasteiger partial charge >= 0.3 is 0 Å². The van der Waals surface area contributed by atoms with E-state index < -0.39 is 21.6 Å². The second-order valence-electron chi connectivity index (χ2n) is 9.19. The summed E-state index contributed by atoms with van der Waals surface area (Å²) in [5.74, 6) is 4.70. The molecule has 0 aliphatic carbocycles. The molecule has 0 saturated carbocycles. The molecule has 2 aromatic heterocycles. The van der Waals surface area contributed by atoms with E-state index in [2.05, 4.69) is 20.0 Å². The van der Waals surface area contributed by atoms with E-state index in [4.69, 9.17) is 19.9 Å². The smallest absolute Gasteiger partial charge is 0.229 e. The molecule has 1 N–H and O–H groups in total. The number of hydrogen-bond donors (Lipinski definition) is 1. The molecule has 0 bridgehead atoms. The first-order chi connectivity index (χ1) is 17.7. The molecule has 36 heavy (non-hydrogen) atoms. The number of fused-ring (bicyclic) bond motifs is 1. The summed E-state index contributed by atoms with van der Waals surface area (Å²) in [6.07, 6.45) is 0. The summed E-state index contributed by atoms with van der Waals surface area (Å²) in [6, 6.07) is 10.1. The molecular weight excluding hydrogens is 496 g/mol. The standard InChI is InChI=1S/C24H30N8O2S2/c33-35-14-10-30(11-15-35)22-19(18-4-2-1-3-5-18)26-20-21(27-22)28-24(32-8-6-25-7-9-32)29-23(20)31-12-16-36(34)17-13-31/h1-5,25H,6-17H2. The average Bonchev–Trinajstić information content (AvgIpc) is 2.93. The molecule has 1 aromatic carbocycles. The Morgan fingerprint density at radius 1 is 0.667 bits per heavy atom. The molecule has 0 atom stereocenters. The summed E-state index contributed by atoms with van der Waals surface area (Å²) in [5, 5.41) is 3.38. The van der Waals surface area contributed by atoms with Crippen LogP contribution in [0.15, 0.2) is 30.3 Å². The summed E-state index contributed by atoms with van der Waals surface area (Å²) in [5.41, 5.74) is 3.01. The van der Waals surface area contributed by atoms with Gasteiger partial charge in [0.05, 0.1) is 0 Å². The minimum atomic E-state index is -0.793. The van der Waals surface area contributed by atoms with Crippen molar-refractivity contribution in [2.75, 3.05) is 90.1 Å². The molecule has 10 nitrogen and oxygen atoms in total. The van der Waals surface area contributed by atoms with Gasteiger partial charge in [-0.3, -0.25) is 8.42 Å². The van der Waals surface area contributed by atoms with Crippen LogP contribution in [0, 0.1) is 0 Å². The van der Waals surface area contributed by atoms with E-state index in [1.54, 1.807) is 0 Å². The highest BCUT2D eigenvalue weighted by Crippen LogP contribution is 2.34. The third kappa shape index (κ3) is 4.81. The Balaban J connectivity index is 1.53. The lowest BCUT2D eigenvalue weighted by molar-refractivity contribution is 0.580. The van der Waals surface area contributed by atoms with Crippen LogP contribution in [0.4, 0.5) is 17.6 Å². The minimum Gasteiger partial charge on any atom is -0.353 e. The van der Waals surface area contributed by atoms with Gasteiger partial charge in [-0.2, -0.15) is 9.97 Å². The molecule has 6 rings (SSSR count). The van der Waals surface area contributed by atoms with Gasteiger partial charge in [-0.15, -0.1) is 0 Å². The molecule has 3 aliphatic heterocycles. The highest BCUT2D eigenvalue weighted by atomic mass is 32.2. The van der Waals surface area contributed by atoms with Crippen molar-refractivity contribution in [2.24, 2.45) is 0 Å². The molecule has 3 aromatic rings. The second-order valence-corrected chi connectivity index (χ2v) is 12.6. The number of rotatable bonds is 4. The average molecular weight is 527 g/mol. The third-order valence-corrected chi connectivity index (χ3v) is 9.44. The van der Waals surface area contributed by atoms with Gasteiger partial charge < -0.3 is 20.0 Å². The van der Waals surface area contributed by atoms with Crippen LogP contribution in [0.1, 0.15) is 0 Å². The van der Waals surface area contributed by atoms with E-state index in [1.807, 2.05) is 30.3 Å². The zero-order valence-electron chi connectivity index (χ0n) is 20.1. The maximum Gasteiger partial charge on any atom is 0.229 e. The summed E-state index contributed by atoms with van der Waals surface area (Å²) in [6.45, 7) is 6.11. The first-order valence-electron chi connectivity index (χ1n) is 12.5. The molecule has 3 aliphatic rings. The topological polar surface area (TPSA) is 107 Å². The Kier molecular flexibility index (Phi) is 6.81. The van der Waals surface area contributed by atoms with E-state index in [0.29, 0.717) is 66.3 Å². The number of benzene rings is 1. The molecule has 3 saturated heterocycles. The van der Waals surface area contributed by atoms with Gasteiger partial charge in [-0.1, -0.05) is 30.3 Å². The van der Waals surface area contributed by atoms with Crippen LogP contribution in [-0.2, 0) is 21.6 Å². The molecule has 5 heterocycles. The van der Waals surface area contributed by atoms with Crippen LogP contribution < -0.4 is 20.0 Å². The minimum absolute atomic E-state index is 0.571. The van der Waals surface area contributed by atoms with Crippen LogP contribution in [-0.4, -0.2) is 104 Å². The highest BCUT2D eigenvalue weighted by molar-refractivity contribution is 7.85. The SMILES string of the molecule is O=S1CCN(c2nc3nc(N4CCNCC4)nc(N4CCS(=O)CC4)c3nc2-c2ccccc2)CC1. The number of piperazine rings is 1. The zero-order valence-corrected chi connectivity index (χ0v) is 21.8. The zero-order chi connectivity index (χ0) is 24.5. The maximum atomic E-state index is 12.1. The van der Waals surface area contributed by atoms with Crippen molar-refractivity contribution in [3.05, 3.63) is 30.3 Å². The second kappa shape index (κ2) is 10.3. The fraction of sp³-hybridized carbons (Fsp3) is 0.500. The van der Waals surface area contributed by atoms with Crippen molar-refractivity contribution in [1.29, 1.82) is 0 Å². The normalized spacial score (nSPS) is 20.3. The Morgan fingerprint density at radius 3 is 1.92 bits per heavy atom. The fourth-order valence-corrected chi connectivity index (χ4v) is 6.95. The predicted molar refractivity (Wildman–Crippen MR) is 146 cm³/mol. The Bertz CT molecular complexity index is 1280. The lowest BCUT2D eigenvalue weighted by Gasteiger charge is -2.32. The maximum absolute atomic E-state index is 12.1. The van der Waals surface area contributed by atoms with E-state index in [9.17, 15) is 8.42 Å². The van der Waals surface area contributed by atoms with E-state index in [0.717, 1.165) is 49.1 Å². The monoisotopic (exact) mass is 526 g/mol. The van der Waals surface area contributed by atoms with Gasteiger partial charge in [0.25, 0.3) is 0 Å². The van der Waals surface area contributed by atoms with Crippen molar-refractivity contribution in [3.8, 4) is 11.3 Å². The summed E-state index contributed by atoms with van der Waals surface area (Å²) < 4.78 is 24.1. The van der Waals surface area contributed by atoms with Crippen LogP contribution in [0.25, 0.3) is 22.4 Å². The van der Waals surface area contributed by atoms with Crippen LogP contribution in [0.5, 0.6) is 0 Å². The molecule has 12 heteroatoms. The number of nitrogens with one attached hydrogen (secondary N) is 1. The lowest BCUT2D eigenvalue weighted by atomic mass is 10.1. The van der Waals surface area contributed by atoms with E-state index in [1.165, 1.54) is 0 Å². The van der Waals surface area contributed by atoms with Crippen molar-refractivity contribution >= 4 is 50.3 Å². The van der Waals surface area contributed by atoms with Crippen molar-refractivity contribution < 1.29 is 8.42 Å². The van der Waals surface area contributed by atoms with Crippen molar-refractivity contribution in [3.63, 3.8) is 0 Å². The summed E-state index contributed by atoms with van der Waals surface area (Å²) in [4.78, 5) is 26.8. The predicted octanol–water partition coefficient (Wildman–Crippen LogP) is 0.634. The van der Waals surface area contributed by atoms with Gasteiger partial charge in [0.1, 0.15) is 5.69 Å². The van der Waals surface area contributed by atoms with E-state index >= 15 is 0 Å². The largest absolute Gasteiger partial charge is 0.353 e. The van der Waals surface area contributed by atoms with Gasteiger partial charge in [0, 0.05) is 103 Å². The van der Waals surface area contributed by atoms with Crippen molar-refractivity contribution in [1.82, 2.24) is 25.3 Å². The summed E-state index contributed by atoms with van der Waals surface area (Å²) in [7, 11) is -1.58. The number of nitrogens with zero attached hydrogens (tertiary/aromatic N) is 7. The Morgan fingerprint density at radius 2 is 1.28 bits per heavy atom. The van der Waals surface area contributed by atoms with Crippen LogP contribution >= 0.6 is 0 Å². The molecule has 0 radical (unpaired) electrons. The van der Waals surface area contributed by atoms with E-state index in [-0.39, 0.29) is 0 Å². The van der Waals surface area contributed by atoms with Gasteiger partial charge in [-0.25, -0.2) is 9.97 Å². The van der Waals surface area contributed by atoms with Crippen molar-refractivity contribution in [2.45, 2.75) is 0 Å². The number of hydrogen-bond acceptors (Lipinski definition) is 10. The Labute approximate surface area is 215 Å². The lowest BCUT2D eigenvalue weighted by Crippen LogP contribution is -2.44. The number of anilines is 3. The van der Waals surface area contributed by atoms with Crippen LogP contribution in [0.3, 0.4) is 0 Å².